The number of carboxylic acids is 6. The lowest BCUT2D eigenvalue weighted by atomic mass is 10.0. The Kier molecular flexibility index (Phi) is 45.2. The normalized spacial score (nSPS) is 15.1. The predicted molar refractivity (Wildman–Crippen MR) is 375 cm³/mol. The highest BCUT2D eigenvalue weighted by molar-refractivity contribution is 6.01. The van der Waals surface area contributed by atoms with Crippen molar-refractivity contribution in [3.63, 3.8) is 0 Å². The molecule has 0 fully saturated rings. The van der Waals surface area contributed by atoms with Crippen LogP contribution in [-0.2, 0) is 101 Å². The third-order valence-corrected chi connectivity index (χ3v) is 15.8. The zero-order valence-electron chi connectivity index (χ0n) is 61.7. The number of nitrogens with two attached hydrogens (primary N) is 4. The van der Waals surface area contributed by atoms with Gasteiger partial charge in [0.05, 0.1) is 31.6 Å². The van der Waals surface area contributed by atoms with E-state index in [0.717, 1.165) is 20.8 Å². The number of carboxylic acid groups (broad SMARTS) is 6. The van der Waals surface area contributed by atoms with Crippen LogP contribution in [0.5, 0.6) is 0 Å². The second-order valence-corrected chi connectivity index (χ2v) is 26.5. The van der Waals surface area contributed by atoms with Gasteiger partial charge in [0, 0.05) is 32.1 Å². The van der Waals surface area contributed by atoms with Crippen molar-refractivity contribution >= 4 is 124 Å². The zero-order valence-corrected chi connectivity index (χ0v) is 61.7. The number of rotatable bonds is 56. The van der Waals surface area contributed by atoms with Gasteiger partial charge < -0.3 is 133 Å². The molecule has 0 saturated carbocycles. The van der Waals surface area contributed by atoms with E-state index in [2.05, 4.69) is 53.2 Å². The molecule has 46 heteroatoms. The molecule has 0 rings (SSSR count). The number of amides is 15. The maximum atomic E-state index is 14.3. The van der Waals surface area contributed by atoms with Crippen molar-refractivity contribution in [2.45, 2.75) is 248 Å². The van der Waals surface area contributed by atoms with Gasteiger partial charge in [0.15, 0.2) is 0 Å². The van der Waals surface area contributed by atoms with Crippen LogP contribution in [0.25, 0.3) is 0 Å². The maximum Gasteiger partial charge on any atom is 0.325 e. The molecule has 0 aromatic heterocycles. The first-order chi connectivity index (χ1) is 51.1. The number of carbonyl (C=O) groups excluding carboxylic acids is 15. The minimum absolute atomic E-state index is 0.0547. The van der Waals surface area contributed by atoms with Gasteiger partial charge in [-0.05, 0) is 103 Å². The summed E-state index contributed by atoms with van der Waals surface area (Å²) in [7, 11) is 0. The molecule has 0 radical (unpaired) electrons. The summed E-state index contributed by atoms with van der Waals surface area (Å²) in [6, 6.07) is -25.7. The lowest BCUT2D eigenvalue weighted by Gasteiger charge is -2.29. The van der Waals surface area contributed by atoms with E-state index in [0.29, 0.717) is 0 Å². The van der Waals surface area contributed by atoms with Crippen LogP contribution in [0.3, 0.4) is 0 Å². The van der Waals surface area contributed by atoms with Crippen LogP contribution in [0.1, 0.15) is 158 Å². The fourth-order valence-electron chi connectivity index (χ4n) is 9.92. The van der Waals surface area contributed by atoms with Crippen molar-refractivity contribution in [1.82, 2.24) is 69.1 Å². The molecular weight excluding hydrogens is 1470 g/mol. The number of unbranched alkanes of at least 4 members (excludes halogenated alkanes) is 1. The summed E-state index contributed by atoms with van der Waals surface area (Å²) in [4.78, 5) is 274. The average Bonchev–Trinajstić information content (AvgIpc) is 0.853. The number of aliphatic carboxylic acids is 6. The monoisotopic (exact) mass is 1580 g/mol. The Morgan fingerprint density at radius 2 is 0.600 bits per heavy atom. The van der Waals surface area contributed by atoms with Crippen LogP contribution in [0.4, 0.5) is 0 Å². The number of nitrogens with one attached hydrogen (secondary N) is 13. The van der Waals surface area contributed by atoms with Crippen molar-refractivity contribution in [1.29, 1.82) is 0 Å². The van der Waals surface area contributed by atoms with Gasteiger partial charge in [0.1, 0.15) is 78.5 Å². The molecule has 110 heavy (non-hydrogen) atoms. The first-order valence-electron chi connectivity index (χ1n) is 34.7. The summed E-state index contributed by atoms with van der Waals surface area (Å²) in [5, 5.41) is 106. The van der Waals surface area contributed by atoms with E-state index in [1.807, 2.05) is 16.0 Å². The first-order valence-corrected chi connectivity index (χ1v) is 34.7. The summed E-state index contributed by atoms with van der Waals surface area (Å²) in [5.74, 6) is -29.2. The molecule has 0 bridgehead atoms. The number of aliphatic hydroxyl groups excluding tert-OH is 2. The average molecular weight is 1580 g/mol. The van der Waals surface area contributed by atoms with E-state index in [4.69, 9.17) is 22.9 Å². The summed E-state index contributed by atoms with van der Waals surface area (Å²) in [6.45, 7) is 8.61. The van der Waals surface area contributed by atoms with Crippen molar-refractivity contribution < 1.29 is 142 Å². The molecule has 0 aliphatic rings. The third kappa shape index (κ3) is 40.1. The summed E-state index contributed by atoms with van der Waals surface area (Å²) < 4.78 is 0. The fraction of sp³-hybridized carbons (Fsp3) is 0.672. The second kappa shape index (κ2) is 50.4. The van der Waals surface area contributed by atoms with Crippen molar-refractivity contribution in [2.75, 3.05) is 13.2 Å². The van der Waals surface area contributed by atoms with Crippen LogP contribution in [0.15, 0.2) is 0 Å². The molecule has 0 spiro atoms. The van der Waals surface area contributed by atoms with Gasteiger partial charge in [-0.3, -0.25) is 101 Å². The largest absolute Gasteiger partial charge is 0.481 e. The van der Waals surface area contributed by atoms with Crippen molar-refractivity contribution in [2.24, 2.45) is 34.8 Å². The number of aliphatic hydroxyl groups is 2. The van der Waals surface area contributed by atoms with Crippen LogP contribution in [-0.4, -0.2) is 269 Å². The molecule has 0 aromatic rings. The molecule has 15 amide bonds. The van der Waals surface area contributed by atoms with Gasteiger partial charge in [0.2, 0.25) is 88.6 Å². The highest BCUT2D eigenvalue weighted by Crippen LogP contribution is 2.14. The molecule has 0 heterocycles. The van der Waals surface area contributed by atoms with E-state index in [9.17, 15) is 142 Å². The molecule has 0 aliphatic heterocycles. The molecule has 29 N–H and O–H groups in total. The van der Waals surface area contributed by atoms with Gasteiger partial charge in [-0.15, -0.1) is 0 Å². The van der Waals surface area contributed by atoms with E-state index in [-0.39, 0.29) is 51.0 Å². The predicted octanol–water partition coefficient (Wildman–Crippen LogP) is -9.59. The molecule has 0 saturated heterocycles. The van der Waals surface area contributed by atoms with Gasteiger partial charge in [0.25, 0.3) is 0 Å². The SMILES string of the molecule is CC(C)C[C@H](NC(=O)[C@H](CCC(N)=O)NC(=O)[C@H](CC(=O)O)NC(=O)[C@@H](NC(=O)[C@H](CCC(=O)O)NC(=O)[C@H](C)NC(=O)[C@H](CCC(N)=O)NC(=O)[C@@H](N)CC(C)C)[C@@H](C)O)C(=O)N[C@@H](CCC(=O)O)C(=O)N[C@@H](CC(=O)O)C(=O)N[C@@H](CCC(=O)O)C(=O)N[C@@H](CCCCN)C(=O)N[C@@H](CO)C(=O)N[C@@H](C)C(=O)O. The minimum atomic E-state index is -2.28. The quantitative estimate of drug-likeness (QED) is 0.0252. The maximum absolute atomic E-state index is 14.3. The van der Waals surface area contributed by atoms with Crippen molar-refractivity contribution in [3.05, 3.63) is 0 Å². The van der Waals surface area contributed by atoms with Gasteiger partial charge >= 0.3 is 35.8 Å². The summed E-state index contributed by atoms with van der Waals surface area (Å²) in [6.07, 6.45) is -12.1. The number of carbonyl (C=O) groups is 21. The first kappa shape index (κ1) is 98.7. The molecule has 0 unspecified atom stereocenters. The smallest absolute Gasteiger partial charge is 0.325 e. The van der Waals surface area contributed by atoms with E-state index in [1.54, 1.807) is 13.8 Å². The van der Waals surface area contributed by atoms with Gasteiger partial charge in [-0.1, -0.05) is 27.7 Å². The minimum Gasteiger partial charge on any atom is -0.481 e. The highest BCUT2D eigenvalue weighted by atomic mass is 16.4. The van der Waals surface area contributed by atoms with Crippen LogP contribution in [0, 0.1) is 11.8 Å². The van der Waals surface area contributed by atoms with Crippen LogP contribution in [0.2, 0.25) is 0 Å². The van der Waals surface area contributed by atoms with Crippen LogP contribution >= 0.6 is 0 Å². The lowest BCUT2D eigenvalue weighted by Crippen LogP contribution is -2.62. The van der Waals surface area contributed by atoms with Gasteiger partial charge in [-0.25, -0.2) is 0 Å². The highest BCUT2D eigenvalue weighted by Gasteiger charge is 2.39. The standard InChI is InChI=1S/C64H105N17O29/c1-27(2)22-32(66)52(97)72-34(11-16-43(67)84)53(98)69-29(5)51(96)71-38(15-20-47(90)91)58(103)81-50(31(7)83)63(108)79-41(25-49(94)95)61(106)74-35(12-17-44(68)85)56(101)77-39(23-28(3)4)59(104)75-37(14-19-46(88)89)57(102)78-40(24-48(92)93)60(105)76-36(13-18-45(86)87)55(100)73-33(10-8-9-21-65)54(99)80-42(26-82)62(107)70-30(6)64(109)110/h27-42,50,82-83H,8-26,65-66H2,1-7H3,(H2,67,84)(H2,68,85)(H,69,98)(H,70,107)(H,71,96)(H,72,97)(H,73,100)(H,74,106)(H,75,104)(H,76,105)(H,77,101)(H,78,102)(H,79,108)(H,80,99)(H,81,103)(H,86,87)(H,88,89)(H,90,91)(H,92,93)(H,94,95)(H,109,110)/t29-,30-,31+,32-,33-,34-,35-,36-,37-,38-,39-,40-,41-,42-,50-/m0/s1. The Balaban J connectivity index is 7.18. The summed E-state index contributed by atoms with van der Waals surface area (Å²) in [5.41, 5.74) is 22.1. The van der Waals surface area contributed by atoms with E-state index < -0.39 is 298 Å². The molecule has 0 aliphatic carbocycles. The zero-order chi connectivity index (χ0) is 84.6. The molecule has 0 aromatic carbocycles. The molecule has 620 valence electrons. The lowest BCUT2D eigenvalue weighted by molar-refractivity contribution is -0.142. The Bertz CT molecular complexity index is 3280. The molecular formula is C64H105N17O29. The number of hydrogen-bond donors (Lipinski definition) is 25. The molecule has 46 nitrogen and oxygen atoms in total. The Morgan fingerprint density at radius 3 is 0.945 bits per heavy atom. The number of primary amides is 2. The van der Waals surface area contributed by atoms with Gasteiger partial charge in [-0.2, -0.15) is 0 Å². The Hall–Kier alpha value is -11.3. The van der Waals surface area contributed by atoms with Crippen LogP contribution < -0.4 is 92.1 Å². The third-order valence-electron chi connectivity index (χ3n) is 15.8. The topological polar surface area (TPSA) is 781 Å². The van der Waals surface area contributed by atoms with Crippen molar-refractivity contribution in [3.8, 4) is 0 Å². The number of hydrogen-bond acceptors (Lipinski definition) is 25. The van der Waals surface area contributed by atoms with E-state index in [1.165, 1.54) is 13.8 Å². The summed E-state index contributed by atoms with van der Waals surface area (Å²) >= 11 is 0. The Labute approximate surface area is 629 Å². The fourth-order valence-corrected chi connectivity index (χ4v) is 9.92. The molecule has 15 atom stereocenters. The van der Waals surface area contributed by atoms with E-state index >= 15 is 0 Å². The Morgan fingerprint density at radius 1 is 0.309 bits per heavy atom. The second-order valence-electron chi connectivity index (χ2n) is 26.5.